The van der Waals surface area contributed by atoms with Crippen molar-refractivity contribution in [1.82, 2.24) is 0 Å². The van der Waals surface area contributed by atoms with Gasteiger partial charge in [0.05, 0.1) is 13.2 Å². The van der Waals surface area contributed by atoms with Gasteiger partial charge in [0.2, 0.25) is 0 Å². The van der Waals surface area contributed by atoms with E-state index in [-0.39, 0.29) is 13.0 Å². The van der Waals surface area contributed by atoms with Crippen LogP contribution >= 0.6 is 7.82 Å². The molecule has 0 aliphatic heterocycles. The maximum Gasteiger partial charge on any atom is 0.472 e. The second-order valence-corrected chi connectivity index (χ2v) is 13.7. The van der Waals surface area contributed by atoms with E-state index in [2.05, 4.69) is 44.2 Å². The molecule has 1 aliphatic carbocycles. The van der Waals surface area contributed by atoms with E-state index >= 15 is 0 Å². The highest BCUT2D eigenvalue weighted by Crippen LogP contribution is 2.47. The van der Waals surface area contributed by atoms with Gasteiger partial charge in [0.15, 0.2) is 0 Å². The van der Waals surface area contributed by atoms with Crippen LogP contribution in [0.15, 0.2) is 48.6 Å². The highest BCUT2D eigenvalue weighted by atomic mass is 31.2. The van der Waals surface area contributed by atoms with Gasteiger partial charge in [-0.1, -0.05) is 114 Å². The number of phosphoric acid groups is 1. The molecule has 0 radical (unpaired) electrons. The van der Waals surface area contributed by atoms with Crippen LogP contribution in [0.3, 0.4) is 0 Å². The summed E-state index contributed by atoms with van der Waals surface area (Å²) in [5, 5.41) is 49.8. The lowest BCUT2D eigenvalue weighted by Gasteiger charge is -2.41. The van der Waals surface area contributed by atoms with Crippen molar-refractivity contribution in [2.75, 3.05) is 19.8 Å². The Morgan fingerprint density at radius 1 is 0.673 bits per heavy atom. The van der Waals surface area contributed by atoms with Crippen molar-refractivity contribution in [3.63, 3.8) is 0 Å². The Kier molecular flexibility index (Phi) is 25.9. The molecule has 6 atom stereocenters. The van der Waals surface area contributed by atoms with E-state index in [1.807, 2.05) is 18.2 Å². The number of aliphatic hydroxyl groups excluding tert-OH is 5. The fourth-order valence-electron chi connectivity index (χ4n) is 5.07. The molecule has 6 unspecified atom stereocenters. The Hall–Kier alpha value is -1.70. The minimum atomic E-state index is -5.02. The highest BCUT2D eigenvalue weighted by Gasteiger charge is 2.51. The second-order valence-electron chi connectivity index (χ2n) is 12.3. The summed E-state index contributed by atoms with van der Waals surface area (Å²) < 4.78 is 33.7. The molecule has 1 rings (SSSR count). The third kappa shape index (κ3) is 21.3. The summed E-state index contributed by atoms with van der Waals surface area (Å²) >= 11 is 0. The predicted octanol–water partition coefficient (Wildman–Crippen LogP) is 5.35. The molecule has 0 spiro atoms. The summed E-state index contributed by atoms with van der Waals surface area (Å²) in [4.78, 5) is 22.9. The van der Waals surface area contributed by atoms with Crippen molar-refractivity contribution in [3.8, 4) is 0 Å². The van der Waals surface area contributed by atoms with Crippen LogP contribution in [-0.4, -0.2) is 98.9 Å². The predicted molar refractivity (Wildman–Crippen MR) is 189 cm³/mol. The normalized spacial score (nSPS) is 25.1. The summed E-state index contributed by atoms with van der Waals surface area (Å²) in [5.41, 5.74) is 0. The summed E-state index contributed by atoms with van der Waals surface area (Å²) in [6.07, 6.45) is 18.0. The van der Waals surface area contributed by atoms with Crippen LogP contribution in [0.25, 0.3) is 0 Å². The second kappa shape index (κ2) is 28.0. The van der Waals surface area contributed by atoms with Gasteiger partial charge in [0, 0.05) is 13.0 Å². The van der Waals surface area contributed by atoms with Gasteiger partial charge < -0.3 is 39.9 Å². The van der Waals surface area contributed by atoms with Crippen LogP contribution in [0.5, 0.6) is 0 Å². The average Bonchev–Trinajstić information content (AvgIpc) is 3.08. The van der Waals surface area contributed by atoms with Gasteiger partial charge in [-0.3, -0.25) is 13.8 Å². The molecule has 0 aromatic carbocycles. The fraction of sp³-hybridized carbons (Fsp3) is 0.750. The smallest absolute Gasteiger partial charge is 0.457 e. The largest absolute Gasteiger partial charge is 0.472 e. The third-order valence-corrected chi connectivity index (χ3v) is 8.96. The quantitative estimate of drug-likeness (QED) is 0.0263. The van der Waals surface area contributed by atoms with Gasteiger partial charge in [-0.2, -0.15) is 0 Å². The molecule has 1 saturated carbocycles. The Bertz CT molecular complexity index is 1000. The fourth-order valence-corrected chi connectivity index (χ4v) is 6.04. The van der Waals surface area contributed by atoms with E-state index in [4.69, 9.17) is 18.5 Å². The number of carbonyl (C=O) groups is 1. The summed E-state index contributed by atoms with van der Waals surface area (Å²) in [5.74, 6) is -0.560. The molecule has 0 aromatic rings. The molecule has 284 valence electrons. The molecule has 1 fully saturated rings. The number of esters is 1. The molecule has 12 nitrogen and oxygen atoms in total. The number of rotatable bonds is 28. The number of hydrogen-bond donors (Lipinski definition) is 6. The highest BCUT2D eigenvalue weighted by molar-refractivity contribution is 7.47. The molecule has 6 N–H and O–H groups in total. The van der Waals surface area contributed by atoms with Gasteiger partial charge in [-0.25, -0.2) is 4.57 Å². The first-order valence-corrected chi connectivity index (χ1v) is 19.5. The van der Waals surface area contributed by atoms with Crippen molar-refractivity contribution in [1.29, 1.82) is 0 Å². The first-order valence-electron chi connectivity index (χ1n) is 18.0. The maximum atomic E-state index is 12.7. The summed E-state index contributed by atoms with van der Waals surface area (Å²) in [7, 11) is -5.02. The number of hydrogen-bond acceptors (Lipinski definition) is 11. The molecular formula is C36H63O12P. The van der Waals surface area contributed by atoms with Gasteiger partial charge >= 0.3 is 13.8 Å². The zero-order valence-corrected chi connectivity index (χ0v) is 30.4. The van der Waals surface area contributed by atoms with Crippen LogP contribution in [0.1, 0.15) is 110 Å². The number of phosphoric ester groups is 1. The third-order valence-electron chi connectivity index (χ3n) is 7.98. The van der Waals surface area contributed by atoms with Crippen molar-refractivity contribution < 1.29 is 58.3 Å². The van der Waals surface area contributed by atoms with Crippen LogP contribution in [0.4, 0.5) is 0 Å². The molecule has 0 aromatic heterocycles. The SMILES string of the molecule is CC/C=C\C/C=C\C/C=C\C/C=C\CCC(=O)OC(COCCCCCCCCCCC)COP(=O)(O)OC1C(O)C(O)C(O)C(O)C1O. The molecule has 0 heterocycles. The number of unbranched alkanes of at least 4 members (excludes halogenated alkanes) is 8. The topological polar surface area (TPSA) is 192 Å². The molecular weight excluding hydrogens is 655 g/mol. The monoisotopic (exact) mass is 718 g/mol. The van der Waals surface area contributed by atoms with Gasteiger partial charge in [0.1, 0.15) is 42.7 Å². The Morgan fingerprint density at radius 2 is 1.16 bits per heavy atom. The molecule has 0 amide bonds. The zero-order valence-electron chi connectivity index (χ0n) is 29.5. The molecule has 49 heavy (non-hydrogen) atoms. The van der Waals surface area contributed by atoms with Crippen LogP contribution in [0.2, 0.25) is 0 Å². The number of ether oxygens (including phenoxy) is 2. The van der Waals surface area contributed by atoms with E-state index in [0.29, 0.717) is 13.0 Å². The van der Waals surface area contributed by atoms with E-state index in [0.717, 1.165) is 44.9 Å². The number of aliphatic hydroxyl groups is 5. The van der Waals surface area contributed by atoms with Crippen LogP contribution in [0, 0.1) is 0 Å². The van der Waals surface area contributed by atoms with Gasteiger partial charge in [-0.05, 0) is 38.5 Å². The molecule has 0 saturated heterocycles. The van der Waals surface area contributed by atoms with Crippen LogP contribution in [-0.2, 0) is 27.9 Å². The van der Waals surface area contributed by atoms with Crippen molar-refractivity contribution in [3.05, 3.63) is 48.6 Å². The van der Waals surface area contributed by atoms with E-state index in [1.165, 1.54) is 38.5 Å². The van der Waals surface area contributed by atoms with Gasteiger partial charge in [-0.15, -0.1) is 0 Å². The Balaban J connectivity index is 2.57. The van der Waals surface area contributed by atoms with E-state index in [9.17, 15) is 39.8 Å². The first-order chi connectivity index (χ1) is 23.5. The summed E-state index contributed by atoms with van der Waals surface area (Å²) in [6, 6.07) is 0. The summed E-state index contributed by atoms with van der Waals surface area (Å²) in [6.45, 7) is 3.99. The number of allylic oxidation sites excluding steroid dienone is 8. The Labute approximate surface area is 293 Å². The first kappa shape index (κ1) is 45.3. The molecule has 0 bridgehead atoms. The molecule has 13 heteroatoms. The van der Waals surface area contributed by atoms with Crippen molar-refractivity contribution in [2.24, 2.45) is 0 Å². The lowest BCUT2D eigenvalue weighted by molar-refractivity contribution is -0.220. The maximum absolute atomic E-state index is 12.7. The van der Waals surface area contributed by atoms with Crippen molar-refractivity contribution in [2.45, 2.75) is 153 Å². The zero-order chi connectivity index (χ0) is 36.3. The molecule has 1 aliphatic rings. The van der Waals surface area contributed by atoms with Gasteiger partial charge in [0.25, 0.3) is 0 Å². The van der Waals surface area contributed by atoms with Crippen molar-refractivity contribution >= 4 is 13.8 Å². The standard InChI is InChI=1S/C36H63O12P/c1-3-5-7-9-11-13-14-15-16-17-19-21-23-25-30(37)47-29(27-45-26-24-22-20-18-12-10-8-6-4-2)28-46-49(43,44)48-36-34(41)32(39)31(38)33(40)35(36)42/h5,7,11,13,15-16,19,21,29,31-36,38-42H,3-4,6,8-10,12,14,17-18,20,22-28H2,1-2H3,(H,43,44)/b7-5-,13-11-,16-15-,21-19-. The van der Waals surface area contributed by atoms with E-state index < -0.39 is 63.1 Å². The average molecular weight is 719 g/mol. The minimum Gasteiger partial charge on any atom is -0.457 e. The lowest BCUT2D eigenvalue weighted by Crippen LogP contribution is -2.64. The van der Waals surface area contributed by atoms with Crippen LogP contribution < -0.4 is 0 Å². The number of carbonyl (C=O) groups excluding carboxylic acids is 1. The minimum absolute atomic E-state index is 0.0643. The lowest BCUT2D eigenvalue weighted by atomic mass is 9.85. The Morgan fingerprint density at radius 3 is 1.71 bits per heavy atom. The van der Waals surface area contributed by atoms with E-state index in [1.54, 1.807) is 0 Å².